The highest BCUT2D eigenvalue weighted by Crippen LogP contribution is 2.20. The van der Waals surface area contributed by atoms with E-state index >= 15 is 0 Å². The highest BCUT2D eigenvalue weighted by atomic mass is 19.1. The Balaban J connectivity index is 1.92. The number of hydrogen-bond donors (Lipinski definition) is 2. The summed E-state index contributed by atoms with van der Waals surface area (Å²) in [5.41, 5.74) is 1.50. The van der Waals surface area contributed by atoms with Crippen molar-refractivity contribution < 1.29 is 13.5 Å². The summed E-state index contributed by atoms with van der Waals surface area (Å²) in [5.74, 6) is 0.199. The van der Waals surface area contributed by atoms with Crippen LogP contribution in [0.25, 0.3) is 0 Å². The fourth-order valence-electron chi connectivity index (χ4n) is 1.63. The van der Waals surface area contributed by atoms with Crippen LogP contribution in [0.4, 0.5) is 16.1 Å². The number of methoxy groups -OCH3 is 1. The minimum Gasteiger partial charge on any atom is -0.406 e. The predicted molar refractivity (Wildman–Crippen MR) is 72.3 cm³/mol. The third kappa shape index (κ3) is 4.01. The second-order valence-electron chi connectivity index (χ2n) is 4.25. The molecule has 0 saturated heterocycles. The van der Waals surface area contributed by atoms with E-state index in [0.29, 0.717) is 25.6 Å². The van der Waals surface area contributed by atoms with Crippen molar-refractivity contribution in [3.8, 4) is 0 Å². The molecule has 0 aliphatic rings. The number of nitrogens with one attached hydrogen (secondary N) is 2. The van der Waals surface area contributed by atoms with Gasteiger partial charge in [-0.1, -0.05) is 5.10 Å². The number of ether oxygens (including phenoxy) is 1. The van der Waals surface area contributed by atoms with E-state index in [9.17, 15) is 4.39 Å². The second-order valence-corrected chi connectivity index (χ2v) is 4.25. The first-order valence-electron chi connectivity index (χ1n) is 6.24. The van der Waals surface area contributed by atoms with Crippen molar-refractivity contribution >= 4 is 11.7 Å². The Hall–Kier alpha value is -1.99. The van der Waals surface area contributed by atoms with Gasteiger partial charge >= 0.3 is 6.01 Å². The average Bonchev–Trinajstić information content (AvgIpc) is 2.86. The summed E-state index contributed by atoms with van der Waals surface area (Å²) >= 11 is 0. The fourth-order valence-corrected chi connectivity index (χ4v) is 1.63. The average molecular weight is 280 g/mol. The van der Waals surface area contributed by atoms with Crippen molar-refractivity contribution in [1.82, 2.24) is 15.5 Å². The zero-order valence-corrected chi connectivity index (χ0v) is 11.4. The Morgan fingerprint density at radius 3 is 2.95 bits per heavy atom. The summed E-state index contributed by atoms with van der Waals surface area (Å²) < 4.78 is 23.3. The van der Waals surface area contributed by atoms with Gasteiger partial charge in [-0.25, -0.2) is 4.39 Å². The summed E-state index contributed by atoms with van der Waals surface area (Å²) in [6.45, 7) is 3.60. The van der Waals surface area contributed by atoms with Gasteiger partial charge in [0.2, 0.25) is 5.89 Å². The van der Waals surface area contributed by atoms with Crippen molar-refractivity contribution in [3.05, 3.63) is 35.5 Å². The van der Waals surface area contributed by atoms with Crippen LogP contribution in [0.1, 0.15) is 11.5 Å². The summed E-state index contributed by atoms with van der Waals surface area (Å²) in [5, 5.41) is 13.8. The van der Waals surface area contributed by atoms with Crippen LogP contribution in [-0.4, -0.2) is 30.5 Å². The molecule has 1 heterocycles. The van der Waals surface area contributed by atoms with E-state index in [2.05, 4.69) is 20.8 Å². The summed E-state index contributed by atoms with van der Waals surface area (Å²) in [7, 11) is 1.64. The van der Waals surface area contributed by atoms with E-state index in [-0.39, 0.29) is 11.8 Å². The summed E-state index contributed by atoms with van der Waals surface area (Å²) in [6.07, 6.45) is 0. The molecular formula is C13H17FN4O2. The van der Waals surface area contributed by atoms with Gasteiger partial charge in [-0.15, -0.1) is 5.10 Å². The van der Waals surface area contributed by atoms with Gasteiger partial charge in [-0.2, -0.15) is 0 Å². The van der Waals surface area contributed by atoms with E-state index in [1.165, 1.54) is 12.1 Å². The molecule has 0 aliphatic carbocycles. The molecule has 0 amide bonds. The maximum atomic E-state index is 13.0. The van der Waals surface area contributed by atoms with Gasteiger partial charge in [0.15, 0.2) is 0 Å². The number of benzene rings is 1. The highest BCUT2D eigenvalue weighted by molar-refractivity contribution is 5.56. The molecule has 108 valence electrons. The Morgan fingerprint density at radius 2 is 2.20 bits per heavy atom. The van der Waals surface area contributed by atoms with Crippen LogP contribution in [0.3, 0.4) is 0 Å². The van der Waals surface area contributed by atoms with Gasteiger partial charge in [0, 0.05) is 19.3 Å². The molecule has 0 spiro atoms. The van der Waals surface area contributed by atoms with Gasteiger partial charge in [0.1, 0.15) is 5.82 Å². The van der Waals surface area contributed by atoms with Crippen molar-refractivity contribution in [1.29, 1.82) is 0 Å². The van der Waals surface area contributed by atoms with Crippen molar-refractivity contribution in [2.24, 2.45) is 0 Å². The lowest BCUT2D eigenvalue weighted by Crippen LogP contribution is -2.18. The van der Waals surface area contributed by atoms with Crippen LogP contribution in [0.15, 0.2) is 22.6 Å². The van der Waals surface area contributed by atoms with Crippen LogP contribution in [0, 0.1) is 12.7 Å². The van der Waals surface area contributed by atoms with Gasteiger partial charge in [-0.05, 0) is 30.7 Å². The third-order valence-corrected chi connectivity index (χ3v) is 2.66. The van der Waals surface area contributed by atoms with E-state index < -0.39 is 0 Å². The molecule has 0 unspecified atom stereocenters. The molecule has 1 aromatic carbocycles. The quantitative estimate of drug-likeness (QED) is 0.756. The lowest BCUT2D eigenvalue weighted by molar-refractivity contribution is 0.198. The molecule has 2 aromatic rings. The molecule has 7 heteroatoms. The number of halogens is 1. The number of aryl methyl sites for hydroxylation is 1. The molecule has 20 heavy (non-hydrogen) atoms. The maximum absolute atomic E-state index is 13.0. The van der Waals surface area contributed by atoms with Crippen LogP contribution in [-0.2, 0) is 11.3 Å². The van der Waals surface area contributed by atoms with Gasteiger partial charge < -0.3 is 19.8 Å². The molecule has 0 bridgehead atoms. The van der Waals surface area contributed by atoms with Crippen LogP contribution >= 0.6 is 0 Å². The van der Waals surface area contributed by atoms with Gasteiger partial charge in [0.05, 0.1) is 13.2 Å². The number of aromatic nitrogens is 2. The zero-order chi connectivity index (χ0) is 14.4. The Morgan fingerprint density at radius 1 is 1.35 bits per heavy atom. The molecule has 0 atom stereocenters. The smallest absolute Gasteiger partial charge is 0.320 e. The lowest BCUT2D eigenvalue weighted by Gasteiger charge is -2.05. The number of nitrogens with zero attached hydrogens (tertiary/aromatic N) is 2. The monoisotopic (exact) mass is 280 g/mol. The summed E-state index contributed by atoms with van der Waals surface area (Å²) in [4.78, 5) is 0. The number of anilines is 2. The molecule has 1 aromatic heterocycles. The minimum absolute atomic E-state index is 0.276. The summed E-state index contributed by atoms with van der Waals surface area (Å²) in [6, 6.07) is 4.72. The third-order valence-electron chi connectivity index (χ3n) is 2.66. The Bertz CT molecular complexity index is 559. The molecule has 6 nitrogen and oxygen atoms in total. The van der Waals surface area contributed by atoms with Gasteiger partial charge in [0.25, 0.3) is 0 Å². The van der Waals surface area contributed by atoms with Crippen molar-refractivity contribution in [2.75, 3.05) is 25.6 Å². The predicted octanol–water partition coefficient (Wildman–Crippen LogP) is 2.00. The molecule has 0 fully saturated rings. The van der Waals surface area contributed by atoms with E-state index in [1.54, 1.807) is 20.1 Å². The van der Waals surface area contributed by atoms with Crippen LogP contribution in [0.2, 0.25) is 0 Å². The number of rotatable bonds is 7. The van der Waals surface area contributed by atoms with Crippen LogP contribution in [0.5, 0.6) is 0 Å². The molecule has 0 radical (unpaired) electrons. The lowest BCUT2D eigenvalue weighted by atomic mass is 10.2. The topological polar surface area (TPSA) is 72.2 Å². The largest absolute Gasteiger partial charge is 0.406 e. The Labute approximate surface area is 116 Å². The Kier molecular flexibility index (Phi) is 5.03. The molecule has 0 aliphatic heterocycles. The van der Waals surface area contributed by atoms with Crippen molar-refractivity contribution in [3.63, 3.8) is 0 Å². The maximum Gasteiger partial charge on any atom is 0.320 e. The minimum atomic E-state index is -0.276. The molecule has 2 rings (SSSR count). The molecule has 2 N–H and O–H groups in total. The van der Waals surface area contributed by atoms with E-state index in [1.807, 2.05) is 0 Å². The highest BCUT2D eigenvalue weighted by Gasteiger charge is 2.07. The molecular weight excluding hydrogens is 263 g/mol. The normalized spacial score (nSPS) is 10.8. The molecule has 0 saturated carbocycles. The fraction of sp³-hybridized carbons (Fsp3) is 0.385. The zero-order valence-electron chi connectivity index (χ0n) is 11.4. The second kappa shape index (κ2) is 6.97. The van der Waals surface area contributed by atoms with E-state index in [4.69, 9.17) is 9.15 Å². The first kappa shape index (κ1) is 14.4. The van der Waals surface area contributed by atoms with Crippen molar-refractivity contribution in [2.45, 2.75) is 13.5 Å². The first-order valence-corrected chi connectivity index (χ1v) is 6.24. The van der Waals surface area contributed by atoms with Crippen LogP contribution < -0.4 is 10.6 Å². The standard InChI is InChI=1S/C13H17FN4O2/c1-9-7-10(14)3-4-11(9)16-13-18-17-12(20-13)8-15-5-6-19-2/h3-4,7,15H,5-6,8H2,1-2H3,(H,16,18). The van der Waals surface area contributed by atoms with E-state index in [0.717, 1.165) is 11.3 Å². The van der Waals surface area contributed by atoms with Gasteiger partial charge in [-0.3, -0.25) is 0 Å². The first-order chi connectivity index (χ1) is 9.69. The SMILES string of the molecule is COCCNCc1nnc(Nc2ccc(F)cc2C)o1. The number of hydrogen-bond acceptors (Lipinski definition) is 6.